The summed E-state index contributed by atoms with van der Waals surface area (Å²) in [5.74, 6) is 2.15. The molecular formula is C19H19N3O2. The van der Waals surface area contributed by atoms with Crippen LogP contribution >= 0.6 is 0 Å². The van der Waals surface area contributed by atoms with Crippen molar-refractivity contribution in [1.29, 1.82) is 0 Å². The zero-order valence-corrected chi connectivity index (χ0v) is 13.9. The summed E-state index contributed by atoms with van der Waals surface area (Å²) in [6.45, 7) is 1.92. The van der Waals surface area contributed by atoms with Crippen LogP contribution in [0, 0.1) is 0 Å². The van der Waals surface area contributed by atoms with Crippen molar-refractivity contribution >= 4 is 22.4 Å². The van der Waals surface area contributed by atoms with Crippen molar-refractivity contribution in [2.24, 2.45) is 5.10 Å². The van der Waals surface area contributed by atoms with Gasteiger partial charge in [-0.25, -0.2) is 4.98 Å². The number of ether oxygens (including phenoxy) is 2. The molecule has 122 valence electrons. The van der Waals surface area contributed by atoms with E-state index in [0.717, 1.165) is 27.9 Å². The number of aromatic nitrogens is 1. The van der Waals surface area contributed by atoms with Crippen molar-refractivity contribution in [3.05, 3.63) is 60.2 Å². The number of hydrogen-bond donors (Lipinski definition) is 1. The van der Waals surface area contributed by atoms with Gasteiger partial charge in [-0.1, -0.05) is 18.2 Å². The van der Waals surface area contributed by atoms with Crippen molar-refractivity contribution in [2.75, 3.05) is 19.6 Å². The van der Waals surface area contributed by atoms with Gasteiger partial charge in [0.2, 0.25) is 0 Å². The van der Waals surface area contributed by atoms with Gasteiger partial charge in [-0.05, 0) is 37.3 Å². The zero-order valence-electron chi connectivity index (χ0n) is 13.9. The molecule has 0 fully saturated rings. The molecule has 1 N–H and O–H groups in total. The molecule has 5 heteroatoms. The van der Waals surface area contributed by atoms with Crippen molar-refractivity contribution in [3.63, 3.8) is 0 Å². The minimum absolute atomic E-state index is 0.695. The van der Waals surface area contributed by atoms with Crippen LogP contribution in [0.4, 0.5) is 5.82 Å². The highest BCUT2D eigenvalue weighted by Crippen LogP contribution is 2.25. The van der Waals surface area contributed by atoms with Crippen LogP contribution in [0.15, 0.2) is 59.7 Å². The second-order valence-electron chi connectivity index (χ2n) is 5.26. The molecule has 0 aliphatic heterocycles. The zero-order chi connectivity index (χ0) is 16.9. The van der Waals surface area contributed by atoms with E-state index in [2.05, 4.69) is 15.5 Å². The molecular weight excluding hydrogens is 302 g/mol. The Bertz CT molecular complexity index is 891. The van der Waals surface area contributed by atoms with Gasteiger partial charge in [-0.2, -0.15) is 5.10 Å². The summed E-state index contributed by atoms with van der Waals surface area (Å²) < 4.78 is 10.6. The number of hydrogen-bond acceptors (Lipinski definition) is 5. The molecule has 0 aliphatic rings. The standard InChI is InChI=1S/C19H19N3O2/c1-13(16-10-9-15(23-2)12-18(16)24-3)21-22-19-11-8-14-6-4-5-7-17(14)20-19/h4-12H,1-3H3,(H,20,22)/b21-13+. The molecule has 0 aliphatic carbocycles. The molecule has 2 aromatic carbocycles. The van der Waals surface area contributed by atoms with Crippen LogP contribution in [0.2, 0.25) is 0 Å². The summed E-state index contributed by atoms with van der Waals surface area (Å²) in [6, 6.07) is 17.5. The molecule has 0 unspecified atom stereocenters. The summed E-state index contributed by atoms with van der Waals surface area (Å²) in [5.41, 5.74) is 5.62. The van der Waals surface area contributed by atoms with Crippen molar-refractivity contribution in [3.8, 4) is 11.5 Å². The van der Waals surface area contributed by atoms with Crippen molar-refractivity contribution in [1.82, 2.24) is 4.98 Å². The second-order valence-corrected chi connectivity index (χ2v) is 5.26. The number of nitrogens with zero attached hydrogens (tertiary/aromatic N) is 2. The molecule has 0 radical (unpaired) electrons. The number of anilines is 1. The maximum atomic E-state index is 5.41. The lowest BCUT2D eigenvalue weighted by Crippen LogP contribution is -2.03. The maximum Gasteiger partial charge on any atom is 0.146 e. The van der Waals surface area contributed by atoms with E-state index in [4.69, 9.17) is 9.47 Å². The SMILES string of the molecule is COc1ccc(/C(C)=N/Nc2ccc3ccccc3n2)c(OC)c1. The first-order valence-corrected chi connectivity index (χ1v) is 7.60. The minimum atomic E-state index is 0.695. The van der Waals surface area contributed by atoms with E-state index >= 15 is 0 Å². The molecule has 0 bridgehead atoms. The number of pyridine rings is 1. The first kappa shape index (κ1) is 15.8. The average molecular weight is 321 g/mol. The van der Waals surface area contributed by atoms with Crippen LogP contribution in [0.1, 0.15) is 12.5 Å². The van der Waals surface area contributed by atoms with E-state index in [0.29, 0.717) is 11.6 Å². The third kappa shape index (κ3) is 3.30. The molecule has 1 heterocycles. The van der Waals surface area contributed by atoms with Crippen LogP contribution in [-0.4, -0.2) is 24.9 Å². The normalized spacial score (nSPS) is 11.4. The summed E-state index contributed by atoms with van der Waals surface area (Å²) in [5, 5.41) is 5.52. The molecule has 0 spiro atoms. The van der Waals surface area contributed by atoms with Crippen LogP contribution in [-0.2, 0) is 0 Å². The molecule has 0 saturated heterocycles. The largest absolute Gasteiger partial charge is 0.497 e. The summed E-state index contributed by atoms with van der Waals surface area (Å²) in [4.78, 5) is 4.54. The molecule has 3 aromatic rings. The van der Waals surface area contributed by atoms with Crippen molar-refractivity contribution in [2.45, 2.75) is 6.92 Å². The van der Waals surface area contributed by atoms with E-state index < -0.39 is 0 Å². The van der Waals surface area contributed by atoms with E-state index in [1.807, 2.05) is 61.5 Å². The third-order valence-corrected chi connectivity index (χ3v) is 3.74. The lowest BCUT2D eigenvalue weighted by Gasteiger charge is -2.10. The molecule has 1 aromatic heterocycles. The van der Waals surface area contributed by atoms with Gasteiger partial charge in [0.25, 0.3) is 0 Å². The fourth-order valence-corrected chi connectivity index (χ4v) is 2.43. The summed E-state index contributed by atoms with van der Waals surface area (Å²) in [6.07, 6.45) is 0. The summed E-state index contributed by atoms with van der Waals surface area (Å²) >= 11 is 0. The number of hydrazone groups is 1. The number of fused-ring (bicyclic) bond motifs is 1. The van der Waals surface area contributed by atoms with E-state index in [1.54, 1.807) is 14.2 Å². The van der Waals surface area contributed by atoms with Crippen LogP contribution < -0.4 is 14.9 Å². The van der Waals surface area contributed by atoms with E-state index in [1.165, 1.54) is 0 Å². The predicted octanol–water partition coefficient (Wildman–Crippen LogP) is 4.09. The van der Waals surface area contributed by atoms with E-state index in [-0.39, 0.29) is 0 Å². The highest BCUT2D eigenvalue weighted by molar-refractivity contribution is 6.01. The number of benzene rings is 2. The Morgan fingerprint density at radius 3 is 2.62 bits per heavy atom. The van der Waals surface area contributed by atoms with Gasteiger partial charge in [0, 0.05) is 17.0 Å². The fourth-order valence-electron chi connectivity index (χ4n) is 2.43. The predicted molar refractivity (Wildman–Crippen MR) is 97.1 cm³/mol. The highest BCUT2D eigenvalue weighted by Gasteiger charge is 2.08. The van der Waals surface area contributed by atoms with Crippen LogP contribution in [0.5, 0.6) is 11.5 Å². The van der Waals surface area contributed by atoms with E-state index in [9.17, 15) is 0 Å². The van der Waals surface area contributed by atoms with Gasteiger partial charge in [0.1, 0.15) is 17.3 Å². The molecule has 0 atom stereocenters. The molecule has 3 rings (SSSR count). The Labute approximate surface area is 140 Å². The maximum absolute atomic E-state index is 5.41. The lowest BCUT2D eigenvalue weighted by molar-refractivity contribution is 0.394. The number of para-hydroxylation sites is 1. The molecule has 24 heavy (non-hydrogen) atoms. The number of rotatable bonds is 5. The third-order valence-electron chi connectivity index (χ3n) is 3.74. The molecule has 5 nitrogen and oxygen atoms in total. The van der Waals surface area contributed by atoms with Gasteiger partial charge in [0.05, 0.1) is 25.4 Å². The smallest absolute Gasteiger partial charge is 0.146 e. The monoisotopic (exact) mass is 321 g/mol. The van der Waals surface area contributed by atoms with Crippen LogP contribution in [0.3, 0.4) is 0 Å². The Balaban J connectivity index is 1.85. The quantitative estimate of drug-likeness (QED) is 0.568. The first-order valence-electron chi connectivity index (χ1n) is 7.60. The average Bonchev–Trinajstić information content (AvgIpc) is 2.65. The molecule has 0 amide bonds. The Hall–Kier alpha value is -3.08. The Morgan fingerprint density at radius 1 is 1.00 bits per heavy atom. The lowest BCUT2D eigenvalue weighted by atomic mass is 10.1. The van der Waals surface area contributed by atoms with Crippen molar-refractivity contribution < 1.29 is 9.47 Å². The van der Waals surface area contributed by atoms with Gasteiger partial charge >= 0.3 is 0 Å². The molecule has 0 saturated carbocycles. The highest BCUT2D eigenvalue weighted by atomic mass is 16.5. The number of nitrogens with one attached hydrogen (secondary N) is 1. The summed E-state index contributed by atoms with van der Waals surface area (Å²) in [7, 11) is 3.26. The van der Waals surface area contributed by atoms with Crippen LogP contribution in [0.25, 0.3) is 10.9 Å². The topological polar surface area (TPSA) is 55.7 Å². The van der Waals surface area contributed by atoms with Gasteiger partial charge in [-0.15, -0.1) is 0 Å². The van der Waals surface area contributed by atoms with Gasteiger partial charge < -0.3 is 9.47 Å². The fraction of sp³-hybridized carbons (Fsp3) is 0.158. The first-order chi connectivity index (χ1) is 11.7. The second kappa shape index (κ2) is 7.00. The Kier molecular flexibility index (Phi) is 4.61. The minimum Gasteiger partial charge on any atom is -0.497 e. The number of methoxy groups -OCH3 is 2. The van der Waals surface area contributed by atoms with Gasteiger partial charge in [0.15, 0.2) is 0 Å². The Morgan fingerprint density at radius 2 is 1.83 bits per heavy atom. The van der Waals surface area contributed by atoms with Gasteiger partial charge in [-0.3, -0.25) is 5.43 Å².